The number of likely N-dealkylation sites (tertiary alicyclic amines) is 2. The van der Waals surface area contributed by atoms with Gasteiger partial charge in [0.05, 0.1) is 28.8 Å². The first-order chi connectivity index (χ1) is 15.9. The molecule has 1 spiro atoms. The van der Waals surface area contributed by atoms with Crippen molar-refractivity contribution in [3.8, 4) is 0 Å². The third-order valence-corrected chi connectivity index (χ3v) is 7.02. The van der Waals surface area contributed by atoms with Crippen molar-refractivity contribution in [2.45, 2.75) is 32.1 Å². The number of para-hydroxylation sites is 2. The number of likely N-dealkylation sites (N-methyl/N-ethyl adjacent to an activating group) is 1. The van der Waals surface area contributed by atoms with Gasteiger partial charge in [-0.1, -0.05) is 24.3 Å². The van der Waals surface area contributed by atoms with E-state index in [1.165, 1.54) is 17.0 Å². The van der Waals surface area contributed by atoms with Crippen LogP contribution in [0.25, 0.3) is 11.0 Å². The van der Waals surface area contributed by atoms with Crippen molar-refractivity contribution < 1.29 is 18.8 Å². The Labute approximate surface area is 190 Å². The van der Waals surface area contributed by atoms with E-state index < -0.39 is 11.3 Å². The van der Waals surface area contributed by atoms with Crippen LogP contribution < -0.4 is 0 Å². The van der Waals surface area contributed by atoms with E-state index in [1.807, 2.05) is 24.3 Å². The van der Waals surface area contributed by atoms with Gasteiger partial charge in [0.25, 0.3) is 0 Å². The van der Waals surface area contributed by atoms with Crippen LogP contribution in [-0.2, 0) is 20.8 Å². The maximum atomic E-state index is 13.5. The zero-order chi connectivity index (χ0) is 23.2. The highest BCUT2D eigenvalue weighted by Gasteiger charge is 2.60. The van der Waals surface area contributed by atoms with Gasteiger partial charge >= 0.3 is 0 Å². The summed E-state index contributed by atoms with van der Waals surface area (Å²) in [5.41, 5.74) is 1.44. The standard InChI is InChI=1S/C25H25FN4O3/c1-2-30-23(32)22(16-7-9-17(26)10-8-16)25(24(30)33)11-13-29(14-12-25)21(31)15-20-27-18-5-3-4-6-19(18)28-20/h3-10,22H,2,11-15H2,1H3,(H,27,28)/t22-/m1/s1. The smallest absolute Gasteiger partial charge is 0.237 e. The van der Waals surface area contributed by atoms with E-state index in [1.54, 1.807) is 24.0 Å². The van der Waals surface area contributed by atoms with Gasteiger partial charge in [0.1, 0.15) is 11.6 Å². The molecule has 7 nitrogen and oxygen atoms in total. The minimum absolute atomic E-state index is 0.0636. The van der Waals surface area contributed by atoms with Crippen molar-refractivity contribution in [1.29, 1.82) is 0 Å². The lowest BCUT2D eigenvalue weighted by Crippen LogP contribution is -2.48. The fraction of sp³-hybridized carbons (Fsp3) is 0.360. The van der Waals surface area contributed by atoms with Gasteiger partial charge in [-0.15, -0.1) is 0 Å². The van der Waals surface area contributed by atoms with Crippen LogP contribution >= 0.6 is 0 Å². The number of fused-ring (bicyclic) bond motifs is 1. The van der Waals surface area contributed by atoms with E-state index in [9.17, 15) is 18.8 Å². The number of imide groups is 1. The number of hydrogen-bond donors (Lipinski definition) is 1. The molecular weight excluding hydrogens is 423 g/mol. The summed E-state index contributed by atoms with van der Waals surface area (Å²) in [5, 5.41) is 0. The van der Waals surface area contributed by atoms with E-state index in [0.29, 0.717) is 43.9 Å². The number of nitrogens with zero attached hydrogens (tertiary/aromatic N) is 3. The Kier molecular flexibility index (Phi) is 5.23. The van der Waals surface area contributed by atoms with Crippen molar-refractivity contribution in [2.75, 3.05) is 19.6 Å². The van der Waals surface area contributed by atoms with E-state index in [-0.39, 0.29) is 30.0 Å². The highest BCUT2D eigenvalue weighted by Crippen LogP contribution is 2.51. The molecule has 170 valence electrons. The SMILES string of the molecule is CCN1C(=O)[C@@H](c2ccc(F)cc2)C2(CCN(C(=O)Cc3nc4ccccc4[nH]3)CC2)C1=O. The second-order valence-electron chi connectivity index (χ2n) is 8.79. The first-order valence-corrected chi connectivity index (χ1v) is 11.3. The second-order valence-corrected chi connectivity index (χ2v) is 8.79. The maximum Gasteiger partial charge on any atom is 0.237 e. The molecule has 3 aromatic rings. The van der Waals surface area contributed by atoms with E-state index >= 15 is 0 Å². The lowest BCUT2D eigenvalue weighted by atomic mass is 9.67. The zero-order valence-corrected chi connectivity index (χ0v) is 18.4. The van der Waals surface area contributed by atoms with Crippen LogP contribution in [0.1, 0.15) is 37.1 Å². The molecule has 3 amide bonds. The van der Waals surface area contributed by atoms with Crippen LogP contribution in [0.2, 0.25) is 0 Å². The molecule has 2 saturated heterocycles. The molecule has 8 heteroatoms. The number of aromatic nitrogens is 2. The summed E-state index contributed by atoms with van der Waals surface area (Å²) >= 11 is 0. The molecule has 0 saturated carbocycles. The lowest BCUT2D eigenvalue weighted by Gasteiger charge is -2.40. The Balaban J connectivity index is 1.35. The molecule has 2 fully saturated rings. The first kappa shape index (κ1) is 21.3. The number of carbonyl (C=O) groups excluding carboxylic acids is 3. The Bertz CT molecular complexity index is 1190. The molecule has 1 aromatic heterocycles. The van der Waals surface area contributed by atoms with Crippen LogP contribution in [-0.4, -0.2) is 57.1 Å². The van der Waals surface area contributed by atoms with Gasteiger partial charge in [-0.05, 0) is 49.6 Å². The summed E-state index contributed by atoms with van der Waals surface area (Å²) in [4.78, 5) is 50.2. The number of nitrogens with one attached hydrogen (secondary N) is 1. The fourth-order valence-corrected chi connectivity index (χ4v) is 5.30. The molecule has 0 radical (unpaired) electrons. The van der Waals surface area contributed by atoms with Crippen LogP contribution in [0.15, 0.2) is 48.5 Å². The van der Waals surface area contributed by atoms with Crippen molar-refractivity contribution in [3.63, 3.8) is 0 Å². The minimum atomic E-state index is -0.902. The Hall–Kier alpha value is -3.55. The summed E-state index contributed by atoms with van der Waals surface area (Å²) in [5.74, 6) is -0.924. The third kappa shape index (κ3) is 3.50. The molecule has 1 atom stereocenters. The Morgan fingerprint density at radius 3 is 2.48 bits per heavy atom. The van der Waals surface area contributed by atoms with Crippen LogP contribution in [0.4, 0.5) is 4.39 Å². The number of imidazole rings is 1. The summed E-state index contributed by atoms with van der Waals surface area (Å²) in [6.45, 7) is 2.84. The molecule has 1 N–H and O–H groups in total. The number of aromatic amines is 1. The normalized spacial score (nSPS) is 20.2. The molecule has 2 aliphatic heterocycles. The molecule has 0 unspecified atom stereocenters. The number of H-pyrrole nitrogens is 1. The summed E-state index contributed by atoms with van der Waals surface area (Å²) in [7, 11) is 0. The molecule has 2 aromatic carbocycles. The first-order valence-electron chi connectivity index (χ1n) is 11.3. The predicted octanol–water partition coefficient (Wildman–Crippen LogP) is 3.03. The molecule has 2 aliphatic rings. The lowest BCUT2D eigenvalue weighted by molar-refractivity contribution is -0.144. The monoisotopic (exact) mass is 448 g/mol. The summed E-state index contributed by atoms with van der Waals surface area (Å²) < 4.78 is 13.5. The average Bonchev–Trinajstić information content (AvgIpc) is 3.31. The third-order valence-electron chi connectivity index (χ3n) is 7.02. The maximum absolute atomic E-state index is 13.5. The molecular formula is C25H25FN4O3. The minimum Gasteiger partial charge on any atom is -0.342 e. The number of amides is 3. The van der Waals surface area contributed by atoms with Crippen molar-refractivity contribution in [2.24, 2.45) is 5.41 Å². The predicted molar refractivity (Wildman–Crippen MR) is 120 cm³/mol. The van der Waals surface area contributed by atoms with Crippen molar-refractivity contribution in [3.05, 3.63) is 65.7 Å². The Morgan fingerprint density at radius 2 is 1.82 bits per heavy atom. The van der Waals surface area contributed by atoms with Gasteiger partial charge in [0, 0.05) is 19.6 Å². The molecule has 5 rings (SSSR count). The summed E-state index contributed by atoms with van der Waals surface area (Å²) in [6.07, 6.45) is 0.932. The van der Waals surface area contributed by atoms with Crippen molar-refractivity contribution >= 4 is 28.8 Å². The molecule has 3 heterocycles. The Morgan fingerprint density at radius 1 is 1.12 bits per heavy atom. The fourth-order valence-electron chi connectivity index (χ4n) is 5.30. The van der Waals surface area contributed by atoms with Crippen molar-refractivity contribution in [1.82, 2.24) is 19.8 Å². The van der Waals surface area contributed by atoms with E-state index in [2.05, 4.69) is 9.97 Å². The van der Waals surface area contributed by atoms with Gasteiger partial charge < -0.3 is 9.88 Å². The second kappa shape index (κ2) is 8.10. The highest BCUT2D eigenvalue weighted by molar-refractivity contribution is 6.10. The summed E-state index contributed by atoms with van der Waals surface area (Å²) in [6, 6.07) is 13.4. The number of piperidine rings is 1. The van der Waals surface area contributed by atoms with Crippen LogP contribution in [0.3, 0.4) is 0 Å². The number of rotatable bonds is 4. The van der Waals surface area contributed by atoms with Gasteiger partial charge in [0.2, 0.25) is 17.7 Å². The molecule has 0 aliphatic carbocycles. The molecule has 33 heavy (non-hydrogen) atoms. The number of carbonyl (C=O) groups is 3. The quantitative estimate of drug-likeness (QED) is 0.622. The van der Waals surface area contributed by atoms with Gasteiger partial charge in [0.15, 0.2) is 0 Å². The zero-order valence-electron chi connectivity index (χ0n) is 18.4. The largest absolute Gasteiger partial charge is 0.342 e. The van der Waals surface area contributed by atoms with Gasteiger partial charge in [-0.3, -0.25) is 19.3 Å². The van der Waals surface area contributed by atoms with Gasteiger partial charge in [-0.25, -0.2) is 9.37 Å². The van der Waals surface area contributed by atoms with Gasteiger partial charge in [-0.2, -0.15) is 0 Å². The molecule has 0 bridgehead atoms. The van der Waals surface area contributed by atoms with E-state index in [0.717, 1.165) is 11.0 Å². The number of halogens is 1. The average molecular weight is 448 g/mol. The van der Waals surface area contributed by atoms with Crippen LogP contribution in [0, 0.1) is 11.2 Å². The van der Waals surface area contributed by atoms with Crippen LogP contribution in [0.5, 0.6) is 0 Å². The number of benzene rings is 2. The van der Waals surface area contributed by atoms with E-state index in [4.69, 9.17) is 0 Å². The number of hydrogen-bond acceptors (Lipinski definition) is 4. The highest BCUT2D eigenvalue weighted by atomic mass is 19.1. The topological polar surface area (TPSA) is 86.4 Å².